The summed E-state index contributed by atoms with van der Waals surface area (Å²) in [5.74, 6) is 2.84. The van der Waals surface area contributed by atoms with E-state index in [0.29, 0.717) is 19.0 Å². The van der Waals surface area contributed by atoms with Crippen LogP contribution < -0.4 is 14.8 Å². The monoisotopic (exact) mass is 357 g/mol. The van der Waals surface area contributed by atoms with Crippen LogP contribution in [0.2, 0.25) is 0 Å². The van der Waals surface area contributed by atoms with Crippen molar-refractivity contribution in [1.29, 1.82) is 0 Å². The van der Waals surface area contributed by atoms with E-state index in [4.69, 9.17) is 9.47 Å². The van der Waals surface area contributed by atoms with Crippen LogP contribution in [-0.4, -0.2) is 24.9 Å². The molecule has 132 valence electrons. The fraction of sp³-hybridized carbons (Fsp3) is 0.350. The quantitative estimate of drug-likeness (QED) is 0.852. The van der Waals surface area contributed by atoms with Crippen molar-refractivity contribution in [3.63, 3.8) is 0 Å². The molecular weight excluding hydrogens is 334 g/mol. The SMILES string of the molecule is Cc1ccc(CSCC(=O)N[C@H](C)c2ccc3c(c2)OCCO3)cc1. The van der Waals surface area contributed by atoms with E-state index in [9.17, 15) is 4.79 Å². The number of benzene rings is 2. The second kappa shape index (κ2) is 8.30. The van der Waals surface area contributed by atoms with Gasteiger partial charge in [0.2, 0.25) is 5.91 Å². The molecule has 0 fully saturated rings. The predicted octanol–water partition coefficient (Wildman–Crippen LogP) is 3.88. The van der Waals surface area contributed by atoms with E-state index in [1.54, 1.807) is 11.8 Å². The van der Waals surface area contributed by atoms with Gasteiger partial charge in [-0.3, -0.25) is 4.79 Å². The molecule has 1 N–H and O–H groups in total. The smallest absolute Gasteiger partial charge is 0.230 e. The van der Waals surface area contributed by atoms with E-state index in [2.05, 4.69) is 36.5 Å². The molecule has 1 atom stereocenters. The lowest BCUT2D eigenvalue weighted by Gasteiger charge is -2.21. The maximum Gasteiger partial charge on any atom is 0.230 e. The molecule has 0 saturated carbocycles. The Bertz CT molecular complexity index is 730. The van der Waals surface area contributed by atoms with E-state index in [1.165, 1.54) is 11.1 Å². The molecule has 25 heavy (non-hydrogen) atoms. The Morgan fingerprint density at radius 1 is 1.12 bits per heavy atom. The van der Waals surface area contributed by atoms with Gasteiger partial charge in [0.1, 0.15) is 13.2 Å². The van der Waals surface area contributed by atoms with Crippen LogP contribution in [0.1, 0.15) is 29.7 Å². The van der Waals surface area contributed by atoms with Crippen molar-refractivity contribution in [2.75, 3.05) is 19.0 Å². The van der Waals surface area contributed by atoms with E-state index in [1.807, 2.05) is 25.1 Å². The molecule has 4 nitrogen and oxygen atoms in total. The molecule has 2 aromatic rings. The van der Waals surface area contributed by atoms with Crippen LogP contribution in [0, 0.1) is 6.92 Å². The Labute approximate surface area is 152 Å². The van der Waals surface area contributed by atoms with Crippen molar-refractivity contribution in [1.82, 2.24) is 5.32 Å². The highest BCUT2D eigenvalue weighted by atomic mass is 32.2. The van der Waals surface area contributed by atoms with E-state index in [0.717, 1.165) is 22.8 Å². The third kappa shape index (κ3) is 4.92. The average Bonchev–Trinajstić information content (AvgIpc) is 2.63. The van der Waals surface area contributed by atoms with E-state index >= 15 is 0 Å². The number of amides is 1. The standard InChI is InChI=1S/C20H23NO3S/c1-14-3-5-16(6-4-14)12-25-13-20(22)21-15(2)17-7-8-18-19(11-17)24-10-9-23-18/h3-8,11,15H,9-10,12-13H2,1-2H3,(H,21,22)/t15-/m1/s1. The largest absolute Gasteiger partial charge is 0.486 e. The first-order chi connectivity index (χ1) is 12.1. The van der Waals surface area contributed by atoms with Gasteiger partial charge in [0.15, 0.2) is 11.5 Å². The lowest BCUT2D eigenvalue weighted by molar-refractivity contribution is -0.119. The summed E-state index contributed by atoms with van der Waals surface area (Å²) in [4.78, 5) is 12.2. The van der Waals surface area contributed by atoms with Crippen molar-refractivity contribution >= 4 is 17.7 Å². The zero-order valence-electron chi connectivity index (χ0n) is 14.6. The molecule has 1 aliphatic heterocycles. The lowest BCUT2D eigenvalue weighted by Crippen LogP contribution is -2.28. The maximum absolute atomic E-state index is 12.2. The molecule has 0 aromatic heterocycles. The average molecular weight is 357 g/mol. The third-order valence-corrected chi connectivity index (χ3v) is 5.07. The Kier molecular flexibility index (Phi) is 5.87. The number of ether oxygens (including phenoxy) is 2. The van der Waals surface area contributed by atoms with Gasteiger partial charge in [-0.05, 0) is 37.1 Å². The third-order valence-electron chi connectivity index (χ3n) is 4.07. The lowest BCUT2D eigenvalue weighted by atomic mass is 10.1. The fourth-order valence-corrected chi connectivity index (χ4v) is 3.44. The van der Waals surface area contributed by atoms with Gasteiger partial charge in [-0.25, -0.2) is 0 Å². The van der Waals surface area contributed by atoms with Crippen molar-refractivity contribution < 1.29 is 14.3 Å². The number of aryl methyl sites for hydroxylation is 1. The highest BCUT2D eigenvalue weighted by molar-refractivity contribution is 7.99. The minimum Gasteiger partial charge on any atom is -0.486 e. The molecule has 0 aliphatic carbocycles. The summed E-state index contributed by atoms with van der Waals surface area (Å²) >= 11 is 1.62. The van der Waals surface area contributed by atoms with Crippen LogP contribution in [-0.2, 0) is 10.5 Å². The number of carbonyl (C=O) groups is 1. The van der Waals surface area contributed by atoms with E-state index < -0.39 is 0 Å². The summed E-state index contributed by atoms with van der Waals surface area (Å²) in [5, 5.41) is 3.04. The second-order valence-electron chi connectivity index (χ2n) is 6.17. The molecule has 3 rings (SSSR count). The van der Waals surface area contributed by atoms with Crippen molar-refractivity contribution in [2.45, 2.75) is 25.6 Å². The predicted molar refractivity (Wildman–Crippen MR) is 101 cm³/mol. The number of hydrogen-bond donors (Lipinski definition) is 1. The first-order valence-electron chi connectivity index (χ1n) is 8.44. The van der Waals surface area contributed by atoms with Crippen LogP contribution in [0.5, 0.6) is 11.5 Å². The summed E-state index contributed by atoms with van der Waals surface area (Å²) in [6, 6.07) is 14.2. The van der Waals surface area contributed by atoms with Gasteiger partial charge in [0.25, 0.3) is 0 Å². The maximum atomic E-state index is 12.2. The minimum atomic E-state index is -0.0664. The van der Waals surface area contributed by atoms with Gasteiger partial charge in [0.05, 0.1) is 11.8 Å². The Balaban J connectivity index is 1.48. The molecule has 0 spiro atoms. The first-order valence-corrected chi connectivity index (χ1v) is 9.59. The van der Waals surface area contributed by atoms with Crippen molar-refractivity contribution in [3.05, 3.63) is 59.2 Å². The fourth-order valence-electron chi connectivity index (χ4n) is 2.64. The van der Waals surface area contributed by atoms with Gasteiger partial charge >= 0.3 is 0 Å². The molecule has 1 aliphatic rings. The summed E-state index contributed by atoms with van der Waals surface area (Å²) in [6.45, 7) is 5.20. The zero-order chi connectivity index (χ0) is 17.6. The minimum absolute atomic E-state index is 0.0412. The molecule has 1 heterocycles. The van der Waals surface area contributed by atoms with Gasteiger partial charge in [-0.1, -0.05) is 35.9 Å². The Hall–Kier alpha value is -2.14. The highest BCUT2D eigenvalue weighted by Gasteiger charge is 2.15. The highest BCUT2D eigenvalue weighted by Crippen LogP contribution is 2.32. The molecule has 1 amide bonds. The van der Waals surface area contributed by atoms with Gasteiger partial charge in [-0.2, -0.15) is 0 Å². The molecule has 0 radical (unpaired) electrons. The molecule has 5 heteroatoms. The Morgan fingerprint density at radius 3 is 2.60 bits per heavy atom. The topological polar surface area (TPSA) is 47.6 Å². The summed E-state index contributed by atoms with van der Waals surface area (Å²) in [5.41, 5.74) is 3.50. The number of thioether (sulfide) groups is 1. The second-order valence-corrected chi connectivity index (χ2v) is 7.16. The van der Waals surface area contributed by atoms with Crippen LogP contribution in [0.3, 0.4) is 0 Å². The molecule has 0 saturated heterocycles. The molecular formula is C20H23NO3S. The normalized spacial score (nSPS) is 14.0. The first kappa shape index (κ1) is 17.7. The number of rotatable bonds is 6. The van der Waals surface area contributed by atoms with Crippen molar-refractivity contribution in [3.8, 4) is 11.5 Å². The number of fused-ring (bicyclic) bond motifs is 1. The summed E-state index contributed by atoms with van der Waals surface area (Å²) in [6.07, 6.45) is 0. The van der Waals surface area contributed by atoms with Crippen LogP contribution in [0.4, 0.5) is 0 Å². The number of carbonyl (C=O) groups excluding carboxylic acids is 1. The molecule has 0 unspecified atom stereocenters. The van der Waals surface area contributed by atoms with Gasteiger partial charge < -0.3 is 14.8 Å². The zero-order valence-corrected chi connectivity index (χ0v) is 15.4. The van der Waals surface area contributed by atoms with Crippen LogP contribution >= 0.6 is 11.8 Å². The Morgan fingerprint density at radius 2 is 1.84 bits per heavy atom. The summed E-state index contributed by atoms with van der Waals surface area (Å²) < 4.78 is 11.1. The summed E-state index contributed by atoms with van der Waals surface area (Å²) in [7, 11) is 0. The van der Waals surface area contributed by atoms with E-state index in [-0.39, 0.29) is 11.9 Å². The van der Waals surface area contributed by atoms with Crippen LogP contribution in [0.15, 0.2) is 42.5 Å². The van der Waals surface area contributed by atoms with Gasteiger partial charge in [-0.15, -0.1) is 11.8 Å². The number of hydrogen-bond acceptors (Lipinski definition) is 4. The van der Waals surface area contributed by atoms with Gasteiger partial charge in [0, 0.05) is 5.75 Å². The molecule has 0 bridgehead atoms. The number of nitrogens with one attached hydrogen (secondary N) is 1. The van der Waals surface area contributed by atoms with Crippen LogP contribution in [0.25, 0.3) is 0 Å². The van der Waals surface area contributed by atoms with Crippen molar-refractivity contribution in [2.24, 2.45) is 0 Å². The molecule has 2 aromatic carbocycles.